The molecule has 0 heterocycles. The van der Waals surface area contributed by atoms with Crippen molar-refractivity contribution in [2.75, 3.05) is 6.61 Å². The highest BCUT2D eigenvalue weighted by Crippen LogP contribution is 2.11. The van der Waals surface area contributed by atoms with E-state index in [4.69, 9.17) is 4.74 Å². The van der Waals surface area contributed by atoms with Gasteiger partial charge >= 0.3 is 6.09 Å². The van der Waals surface area contributed by atoms with Crippen molar-refractivity contribution in [1.82, 2.24) is 5.32 Å². The fourth-order valence-electron chi connectivity index (χ4n) is 2.27. The van der Waals surface area contributed by atoms with E-state index in [-0.39, 0.29) is 12.1 Å². The van der Waals surface area contributed by atoms with Crippen LogP contribution in [0.15, 0.2) is 30.3 Å². The van der Waals surface area contributed by atoms with Gasteiger partial charge < -0.3 is 10.1 Å². The molecule has 21 heavy (non-hydrogen) atoms. The van der Waals surface area contributed by atoms with Crippen LogP contribution in [0.4, 0.5) is 4.79 Å². The summed E-state index contributed by atoms with van der Waals surface area (Å²) in [4.78, 5) is 11.7. The number of ether oxygens (including phenoxy) is 1. The summed E-state index contributed by atoms with van der Waals surface area (Å²) < 4.78 is 5.21. The molecule has 0 aliphatic rings. The van der Waals surface area contributed by atoms with Gasteiger partial charge in [0.1, 0.15) is 0 Å². The second kappa shape index (κ2) is 11.2. The maximum absolute atomic E-state index is 11.7. The average Bonchev–Trinajstić information content (AvgIpc) is 2.50. The fraction of sp³-hybridized carbons (Fsp3) is 0.611. The second-order valence-electron chi connectivity index (χ2n) is 5.53. The van der Waals surface area contributed by atoms with Crippen molar-refractivity contribution in [3.05, 3.63) is 35.9 Å². The molecule has 1 rings (SSSR count). The molecule has 0 aliphatic carbocycles. The summed E-state index contributed by atoms with van der Waals surface area (Å²) in [6, 6.07) is 9.89. The third-order valence-corrected chi connectivity index (χ3v) is 3.61. The highest BCUT2D eigenvalue weighted by atomic mass is 16.5. The Hall–Kier alpha value is -1.51. The van der Waals surface area contributed by atoms with E-state index in [0.29, 0.717) is 6.61 Å². The lowest BCUT2D eigenvalue weighted by atomic mass is 10.1. The Morgan fingerprint density at radius 1 is 1.05 bits per heavy atom. The summed E-state index contributed by atoms with van der Waals surface area (Å²) in [6.45, 7) is 4.70. The number of carbonyl (C=O) groups excluding carboxylic acids is 1. The zero-order valence-electron chi connectivity index (χ0n) is 13.4. The quantitative estimate of drug-likeness (QED) is 0.600. The predicted molar refractivity (Wildman–Crippen MR) is 87.3 cm³/mol. The molecular weight excluding hydrogens is 262 g/mol. The standard InChI is InChI=1S/C18H29NO2/c1-3-4-5-6-7-8-12-15-21-18(20)19-16(2)17-13-10-9-11-14-17/h9-11,13-14,16H,3-8,12,15H2,1-2H3,(H,19,20)/t16-/m1/s1. The zero-order valence-corrected chi connectivity index (χ0v) is 13.4. The number of nitrogens with one attached hydrogen (secondary N) is 1. The van der Waals surface area contributed by atoms with Gasteiger partial charge in [0.2, 0.25) is 0 Å². The van der Waals surface area contributed by atoms with Crippen molar-refractivity contribution in [2.24, 2.45) is 0 Å². The number of carbonyl (C=O) groups is 1. The van der Waals surface area contributed by atoms with Gasteiger partial charge in [-0.25, -0.2) is 4.79 Å². The monoisotopic (exact) mass is 291 g/mol. The van der Waals surface area contributed by atoms with Crippen molar-refractivity contribution >= 4 is 6.09 Å². The van der Waals surface area contributed by atoms with E-state index in [0.717, 1.165) is 18.4 Å². The van der Waals surface area contributed by atoms with Gasteiger partial charge in [0.15, 0.2) is 0 Å². The molecule has 3 nitrogen and oxygen atoms in total. The van der Waals surface area contributed by atoms with E-state index in [2.05, 4.69) is 12.2 Å². The number of unbranched alkanes of at least 4 members (excludes halogenated alkanes) is 6. The number of benzene rings is 1. The first kappa shape index (κ1) is 17.5. The van der Waals surface area contributed by atoms with Gasteiger partial charge in [-0.2, -0.15) is 0 Å². The molecule has 0 aliphatic heterocycles. The van der Waals surface area contributed by atoms with Gasteiger partial charge in [-0.1, -0.05) is 75.8 Å². The largest absolute Gasteiger partial charge is 0.450 e. The number of amides is 1. The highest BCUT2D eigenvalue weighted by molar-refractivity contribution is 5.67. The summed E-state index contributed by atoms with van der Waals surface area (Å²) in [5, 5.41) is 2.85. The van der Waals surface area contributed by atoms with Gasteiger partial charge in [-0.05, 0) is 18.9 Å². The number of hydrogen-bond donors (Lipinski definition) is 1. The molecule has 0 unspecified atom stereocenters. The Kier molecular flexibility index (Phi) is 9.34. The summed E-state index contributed by atoms with van der Waals surface area (Å²) in [5.41, 5.74) is 1.09. The first-order chi connectivity index (χ1) is 10.2. The van der Waals surface area contributed by atoms with Crippen LogP contribution in [-0.4, -0.2) is 12.7 Å². The molecule has 3 heteroatoms. The van der Waals surface area contributed by atoms with E-state index in [1.54, 1.807) is 0 Å². The Bertz CT molecular complexity index is 378. The topological polar surface area (TPSA) is 38.3 Å². The van der Waals surface area contributed by atoms with Gasteiger partial charge in [-0.3, -0.25) is 0 Å². The minimum Gasteiger partial charge on any atom is -0.450 e. The number of hydrogen-bond acceptors (Lipinski definition) is 2. The molecule has 1 atom stereocenters. The molecule has 1 amide bonds. The molecule has 1 aromatic carbocycles. The molecule has 0 radical (unpaired) electrons. The van der Waals surface area contributed by atoms with Crippen molar-refractivity contribution in [3.8, 4) is 0 Å². The molecule has 1 aromatic rings. The van der Waals surface area contributed by atoms with Crippen LogP contribution in [0.1, 0.15) is 70.4 Å². The van der Waals surface area contributed by atoms with E-state index >= 15 is 0 Å². The van der Waals surface area contributed by atoms with Crippen LogP contribution in [-0.2, 0) is 4.74 Å². The molecule has 1 N–H and O–H groups in total. The van der Waals surface area contributed by atoms with Crippen molar-refractivity contribution < 1.29 is 9.53 Å². The van der Waals surface area contributed by atoms with Crippen LogP contribution in [0.3, 0.4) is 0 Å². The summed E-state index contributed by atoms with van der Waals surface area (Å²) in [6.07, 6.45) is 8.25. The van der Waals surface area contributed by atoms with Crippen molar-refractivity contribution in [3.63, 3.8) is 0 Å². The molecular formula is C18H29NO2. The first-order valence-electron chi connectivity index (χ1n) is 8.22. The SMILES string of the molecule is CCCCCCCCCOC(=O)N[C@H](C)c1ccccc1. The summed E-state index contributed by atoms with van der Waals surface area (Å²) in [5.74, 6) is 0. The average molecular weight is 291 g/mol. The second-order valence-corrected chi connectivity index (χ2v) is 5.53. The third-order valence-electron chi connectivity index (χ3n) is 3.61. The smallest absolute Gasteiger partial charge is 0.407 e. The highest BCUT2D eigenvalue weighted by Gasteiger charge is 2.09. The lowest BCUT2D eigenvalue weighted by molar-refractivity contribution is 0.140. The van der Waals surface area contributed by atoms with Crippen LogP contribution < -0.4 is 5.32 Å². The van der Waals surface area contributed by atoms with E-state index < -0.39 is 0 Å². The van der Waals surface area contributed by atoms with Crippen molar-refractivity contribution in [1.29, 1.82) is 0 Å². The van der Waals surface area contributed by atoms with Crippen LogP contribution >= 0.6 is 0 Å². The lowest BCUT2D eigenvalue weighted by Crippen LogP contribution is -2.27. The molecule has 0 fully saturated rings. The molecule has 0 saturated carbocycles. The van der Waals surface area contributed by atoms with Crippen molar-refractivity contribution in [2.45, 2.75) is 64.8 Å². The Labute approximate surface area is 129 Å². The van der Waals surface area contributed by atoms with Gasteiger partial charge in [0, 0.05) is 0 Å². The Morgan fingerprint density at radius 3 is 2.33 bits per heavy atom. The van der Waals surface area contributed by atoms with Crippen LogP contribution in [0.25, 0.3) is 0 Å². The molecule has 0 bridgehead atoms. The van der Waals surface area contributed by atoms with E-state index in [9.17, 15) is 4.79 Å². The lowest BCUT2D eigenvalue weighted by Gasteiger charge is -2.14. The van der Waals surface area contributed by atoms with Gasteiger partial charge in [0.25, 0.3) is 0 Å². The Morgan fingerprint density at radius 2 is 1.67 bits per heavy atom. The maximum atomic E-state index is 11.7. The third kappa shape index (κ3) is 8.38. The molecule has 118 valence electrons. The summed E-state index contributed by atoms with van der Waals surface area (Å²) >= 11 is 0. The van der Waals surface area contributed by atoms with Gasteiger partial charge in [0.05, 0.1) is 12.6 Å². The zero-order chi connectivity index (χ0) is 15.3. The van der Waals surface area contributed by atoms with E-state index in [1.165, 1.54) is 32.1 Å². The minimum atomic E-state index is -0.322. The first-order valence-corrected chi connectivity index (χ1v) is 8.22. The molecule has 0 spiro atoms. The number of alkyl carbamates (subject to hydrolysis) is 1. The number of rotatable bonds is 10. The Balaban J connectivity index is 2.04. The fourth-order valence-corrected chi connectivity index (χ4v) is 2.27. The van der Waals surface area contributed by atoms with Gasteiger partial charge in [-0.15, -0.1) is 0 Å². The van der Waals surface area contributed by atoms with Crippen LogP contribution in [0, 0.1) is 0 Å². The maximum Gasteiger partial charge on any atom is 0.407 e. The molecule has 0 aromatic heterocycles. The van der Waals surface area contributed by atoms with E-state index in [1.807, 2.05) is 37.3 Å². The van der Waals surface area contributed by atoms with Crippen LogP contribution in [0.5, 0.6) is 0 Å². The van der Waals surface area contributed by atoms with Crippen LogP contribution in [0.2, 0.25) is 0 Å². The predicted octanol–water partition coefficient (Wildman–Crippen LogP) is 5.22. The molecule has 0 saturated heterocycles. The normalized spacial score (nSPS) is 11.9. The summed E-state index contributed by atoms with van der Waals surface area (Å²) in [7, 11) is 0. The minimum absolute atomic E-state index is 0.0206.